The van der Waals surface area contributed by atoms with E-state index in [1.54, 1.807) is 6.33 Å². The van der Waals surface area contributed by atoms with Crippen LogP contribution in [0.4, 0.5) is 11.5 Å². The Morgan fingerprint density at radius 2 is 1.70 bits per heavy atom. The lowest BCUT2D eigenvalue weighted by Gasteiger charge is -2.08. The summed E-state index contributed by atoms with van der Waals surface area (Å²) in [5, 5.41) is 4.37. The minimum Gasteiger partial charge on any atom is -0.345 e. The molecular formula is C18H13BrN4. The Morgan fingerprint density at radius 1 is 0.913 bits per heavy atom. The number of hydrogen-bond donors (Lipinski definition) is 2. The summed E-state index contributed by atoms with van der Waals surface area (Å²) in [4.78, 5) is 12.0. The zero-order valence-electron chi connectivity index (χ0n) is 12.1. The molecule has 4 nitrogen and oxygen atoms in total. The fourth-order valence-corrected chi connectivity index (χ4v) is 2.84. The van der Waals surface area contributed by atoms with Gasteiger partial charge in [-0.05, 0) is 29.8 Å². The lowest BCUT2D eigenvalue weighted by atomic mass is 10.1. The molecule has 2 N–H and O–H groups in total. The number of aromatic amines is 1. The molecule has 4 aromatic rings. The maximum atomic E-state index is 4.43. The van der Waals surface area contributed by atoms with Gasteiger partial charge in [-0.3, -0.25) is 0 Å². The normalized spacial score (nSPS) is 10.8. The minimum absolute atomic E-state index is 0.789. The minimum atomic E-state index is 0.789. The van der Waals surface area contributed by atoms with E-state index >= 15 is 0 Å². The molecule has 112 valence electrons. The zero-order chi connectivity index (χ0) is 15.6. The number of nitrogens with one attached hydrogen (secondary N) is 2. The molecule has 23 heavy (non-hydrogen) atoms. The summed E-state index contributed by atoms with van der Waals surface area (Å²) in [5.74, 6) is 0.789. The molecule has 0 amide bonds. The van der Waals surface area contributed by atoms with Gasteiger partial charge in [-0.2, -0.15) is 0 Å². The molecule has 0 atom stereocenters. The molecule has 0 aliphatic rings. The van der Waals surface area contributed by atoms with Gasteiger partial charge in [0.2, 0.25) is 0 Å². The topological polar surface area (TPSA) is 53.6 Å². The fourth-order valence-electron chi connectivity index (χ4n) is 2.57. The van der Waals surface area contributed by atoms with Crippen LogP contribution in [0.1, 0.15) is 0 Å². The molecule has 0 spiro atoms. The number of anilines is 2. The van der Waals surface area contributed by atoms with Crippen molar-refractivity contribution in [2.45, 2.75) is 0 Å². The van der Waals surface area contributed by atoms with Crippen LogP contribution in [-0.4, -0.2) is 15.0 Å². The Kier molecular flexibility index (Phi) is 3.55. The molecule has 0 saturated heterocycles. The summed E-state index contributed by atoms with van der Waals surface area (Å²) in [6, 6.07) is 18.2. The predicted octanol–water partition coefficient (Wildman–Crippen LogP) is 5.13. The number of fused-ring (bicyclic) bond motifs is 1. The highest BCUT2D eigenvalue weighted by Gasteiger charge is 2.12. The van der Waals surface area contributed by atoms with Crippen LogP contribution in [0.2, 0.25) is 0 Å². The van der Waals surface area contributed by atoms with Crippen LogP contribution in [0.15, 0.2) is 71.6 Å². The SMILES string of the molecule is Brc1ccc(Nc2ncnc3[nH]cc(-c4ccccc4)c23)cc1. The summed E-state index contributed by atoms with van der Waals surface area (Å²) in [5.41, 5.74) is 4.01. The monoisotopic (exact) mass is 364 g/mol. The first kappa shape index (κ1) is 14.0. The number of halogens is 1. The second-order valence-electron chi connectivity index (χ2n) is 5.15. The van der Waals surface area contributed by atoms with Crippen LogP contribution in [0, 0.1) is 0 Å². The molecule has 4 rings (SSSR count). The third-order valence-electron chi connectivity index (χ3n) is 3.66. The average Bonchev–Trinajstić information content (AvgIpc) is 3.03. The van der Waals surface area contributed by atoms with Gasteiger partial charge in [0, 0.05) is 21.9 Å². The van der Waals surface area contributed by atoms with E-state index in [1.165, 1.54) is 0 Å². The van der Waals surface area contributed by atoms with E-state index in [1.807, 2.05) is 48.7 Å². The van der Waals surface area contributed by atoms with Crippen molar-refractivity contribution in [2.75, 3.05) is 5.32 Å². The third-order valence-corrected chi connectivity index (χ3v) is 4.19. The van der Waals surface area contributed by atoms with E-state index in [9.17, 15) is 0 Å². The first-order chi connectivity index (χ1) is 11.3. The van der Waals surface area contributed by atoms with Gasteiger partial charge in [-0.1, -0.05) is 46.3 Å². The highest BCUT2D eigenvalue weighted by Crippen LogP contribution is 2.33. The van der Waals surface area contributed by atoms with Crippen LogP contribution in [0.5, 0.6) is 0 Å². The van der Waals surface area contributed by atoms with E-state index < -0.39 is 0 Å². The van der Waals surface area contributed by atoms with Gasteiger partial charge in [0.05, 0.1) is 5.39 Å². The Labute approximate surface area is 141 Å². The maximum absolute atomic E-state index is 4.43. The molecular weight excluding hydrogens is 352 g/mol. The van der Waals surface area contributed by atoms with Crippen molar-refractivity contribution in [1.82, 2.24) is 15.0 Å². The molecule has 0 aliphatic carbocycles. The van der Waals surface area contributed by atoms with Crippen molar-refractivity contribution in [3.05, 3.63) is 71.6 Å². The van der Waals surface area contributed by atoms with Crippen molar-refractivity contribution in [1.29, 1.82) is 0 Å². The molecule has 0 radical (unpaired) electrons. The Morgan fingerprint density at radius 3 is 2.48 bits per heavy atom. The van der Waals surface area contributed by atoms with Crippen LogP contribution in [-0.2, 0) is 0 Å². The van der Waals surface area contributed by atoms with Gasteiger partial charge in [-0.25, -0.2) is 9.97 Å². The summed E-state index contributed by atoms with van der Waals surface area (Å²) in [6.07, 6.45) is 3.54. The molecule has 2 aromatic carbocycles. The van der Waals surface area contributed by atoms with E-state index in [0.29, 0.717) is 0 Å². The lowest BCUT2D eigenvalue weighted by Crippen LogP contribution is -1.95. The predicted molar refractivity (Wildman–Crippen MR) is 96.7 cm³/mol. The second kappa shape index (κ2) is 5.85. The van der Waals surface area contributed by atoms with Crippen LogP contribution in [0.25, 0.3) is 22.2 Å². The Bertz CT molecular complexity index is 946. The number of aromatic nitrogens is 3. The first-order valence-electron chi connectivity index (χ1n) is 7.21. The summed E-state index contributed by atoms with van der Waals surface area (Å²) >= 11 is 3.45. The number of hydrogen-bond acceptors (Lipinski definition) is 3. The van der Waals surface area contributed by atoms with Gasteiger partial charge < -0.3 is 10.3 Å². The maximum Gasteiger partial charge on any atom is 0.143 e. The van der Waals surface area contributed by atoms with Crippen LogP contribution in [0.3, 0.4) is 0 Å². The van der Waals surface area contributed by atoms with Crippen molar-refractivity contribution in [3.8, 4) is 11.1 Å². The van der Waals surface area contributed by atoms with Gasteiger partial charge in [0.1, 0.15) is 17.8 Å². The molecule has 0 saturated carbocycles. The Hall–Kier alpha value is -2.66. The quantitative estimate of drug-likeness (QED) is 0.529. The third kappa shape index (κ3) is 2.71. The summed E-state index contributed by atoms with van der Waals surface area (Å²) < 4.78 is 1.04. The largest absolute Gasteiger partial charge is 0.345 e. The Balaban J connectivity index is 1.83. The van der Waals surface area contributed by atoms with Crippen LogP contribution < -0.4 is 5.32 Å². The number of benzene rings is 2. The number of rotatable bonds is 3. The van der Waals surface area contributed by atoms with Gasteiger partial charge in [0.15, 0.2) is 0 Å². The van der Waals surface area contributed by atoms with Gasteiger partial charge in [-0.15, -0.1) is 0 Å². The molecule has 0 fully saturated rings. The fraction of sp³-hybridized carbons (Fsp3) is 0. The molecule has 2 heterocycles. The van der Waals surface area contributed by atoms with E-state index in [0.717, 1.165) is 38.1 Å². The van der Waals surface area contributed by atoms with E-state index in [4.69, 9.17) is 0 Å². The molecule has 0 unspecified atom stereocenters. The number of nitrogens with zero attached hydrogens (tertiary/aromatic N) is 2. The number of H-pyrrole nitrogens is 1. The molecule has 2 aromatic heterocycles. The van der Waals surface area contributed by atoms with Crippen LogP contribution >= 0.6 is 15.9 Å². The van der Waals surface area contributed by atoms with E-state index in [2.05, 4.69) is 48.3 Å². The average molecular weight is 365 g/mol. The molecule has 0 bridgehead atoms. The molecule has 0 aliphatic heterocycles. The van der Waals surface area contributed by atoms with Crippen molar-refractivity contribution in [3.63, 3.8) is 0 Å². The van der Waals surface area contributed by atoms with E-state index in [-0.39, 0.29) is 0 Å². The highest BCUT2D eigenvalue weighted by atomic mass is 79.9. The zero-order valence-corrected chi connectivity index (χ0v) is 13.7. The lowest BCUT2D eigenvalue weighted by molar-refractivity contribution is 1.20. The first-order valence-corrected chi connectivity index (χ1v) is 8.00. The molecule has 5 heteroatoms. The van der Waals surface area contributed by atoms with Crippen molar-refractivity contribution < 1.29 is 0 Å². The summed E-state index contributed by atoms with van der Waals surface area (Å²) in [7, 11) is 0. The van der Waals surface area contributed by atoms with Gasteiger partial charge >= 0.3 is 0 Å². The second-order valence-corrected chi connectivity index (χ2v) is 6.06. The van der Waals surface area contributed by atoms with Gasteiger partial charge in [0.25, 0.3) is 0 Å². The highest BCUT2D eigenvalue weighted by molar-refractivity contribution is 9.10. The summed E-state index contributed by atoms with van der Waals surface area (Å²) in [6.45, 7) is 0. The van der Waals surface area contributed by atoms with Crippen molar-refractivity contribution in [2.24, 2.45) is 0 Å². The van der Waals surface area contributed by atoms with Crippen molar-refractivity contribution >= 4 is 38.5 Å². The standard InChI is InChI=1S/C18H13BrN4/c19-13-6-8-14(9-7-13)23-18-16-15(12-4-2-1-3-5-12)10-20-17(16)21-11-22-18/h1-11H,(H2,20,21,22,23). The smallest absolute Gasteiger partial charge is 0.143 e.